The number of methoxy groups -OCH3 is 1. The minimum atomic E-state index is -3.31. The molecule has 0 saturated carbocycles. The largest absolute Gasteiger partial charge is 0.384 e. The monoisotopic (exact) mass is 316 g/mol. The first kappa shape index (κ1) is 16.3. The number of nitrogens with one attached hydrogen (secondary N) is 1. The number of ether oxygens (including phenoxy) is 1. The summed E-state index contributed by atoms with van der Waals surface area (Å²) in [7, 11) is -1.69. The molecule has 0 aliphatic carbocycles. The van der Waals surface area contributed by atoms with Crippen molar-refractivity contribution < 1.29 is 13.2 Å². The predicted octanol–water partition coefficient (Wildman–Crippen LogP) is 0.963. The van der Waals surface area contributed by atoms with Crippen molar-refractivity contribution in [2.45, 2.75) is 25.1 Å². The maximum atomic E-state index is 11.7. The van der Waals surface area contributed by atoms with Gasteiger partial charge in [0.05, 0.1) is 6.61 Å². The van der Waals surface area contributed by atoms with Crippen molar-refractivity contribution in [1.29, 1.82) is 0 Å². The molecule has 0 aliphatic rings. The molecule has 0 aliphatic heterocycles. The van der Waals surface area contributed by atoms with Crippen molar-refractivity contribution in [2.24, 2.45) is 0 Å². The lowest BCUT2D eigenvalue weighted by molar-refractivity contribution is 0.199. The minimum absolute atomic E-state index is 0.178. The van der Waals surface area contributed by atoms with Crippen LogP contribution < -0.4 is 4.72 Å². The molecule has 0 rings (SSSR count). The Hall–Kier alpha value is 0.310. The number of hydrogen-bond donors (Lipinski definition) is 1. The summed E-state index contributed by atoms with van der Waals surface area (Å²) in [5.74, 6) is 0. The van der Waals surface area contributed by atoms with Crippen LogP contribution in [0.2, 0.25) is 0 Å². The number of nitrogens with zero attached hydrogens (tertiary/aromatic N) is 1. The van der Waals surface area contributed by atoms with Gasteiger partial charge >= 0.3 is 0 Å². The van der Waals surface area contributed by atoms with Crippen LogP contribution in [0.5, 0.6) is 0 Å². The first-order valence-electron chi connectivity index (χ1n) is 5.35. The zero-order chi connectivity index (χ0) is 12.6. The molecule has 0 fully saturated rings. The fourth-order valence-corrected chi connectivity index (χ4v) is 2.99. The van der Waals surface area contributed by atoms with Crippen LogP contribution in [-0.4, -0.2) is 50.9 Å². The molecule has 1 unspecified atom stereocenters. The van der Waals surface area contributed by atoms with Crippen molar-refractivity contribution in [2.75, 3.05) is 33.4 Å². The minimum Gasteiger partial charge on any atom is -0.384 e. The highest BCUT2D eigenvalue weighted by atomic mass is 79.9. The number of hydrogen-bond acceptors (Lipinski definition) is 3. The highest BCUT2D eigenvalue weighted by Crippen LogP contribution is 2.05. The van der Waals surface area contributed by atoms with E-state index in [1.807, 2.05) is 13.8 Å². The van der Waals surface area contributed by atoms with Gasteiger partial charge in [0.1, 0.15) is 0 Å². The maximum Gasteiger partial charge on any atom is 0.279 e. The van der Waals surface area contributed by atoms with Crippen molar-refractivity contribution in [1.82, 2.24) is 9.03 Å². The van der Waals surface area contributed by atoms with Crippen LogP contribution >= 0.6 is 15.9 Å². The van der Waals surface area contributed by atoms with Crippen LogP contribution in [-0.2, 0) is 14.9 Å². The number of halogens is 1. The fourth-order valence-electron chi connectivity index (χ4n) is 1.26. The Labute approximate surface area is 107 Å². The summed E-state index contributed by atoms with van der Waals surface area (Å²) in [5, 5.41) is 0. The third-order valence-corrected chi connectivity index (χ3v) is 4.62. The van der Waals surface area contributed by atoms with Gasteiger partial charge in [-0.05, 0) is 6.42 Å². The van der Waals surface area contributed by atoms with Gasteiger partial charge in [-0.15, -0.1) is 0 Å². The highest BCUT2D eigenvalue weighted by molar-refractivity contribution is 9.09. The molecule has 0 saturated heterocycles. The first-order valence-corrected chi connectivity index (χ1v) is 7.71. The Bertz CT molecular complexity index is 268. The molecule has 5 nitrogen and oxygen atoms in total. The SMILES string of the molecule is CCN(CC)S(=O)(=O)NCCC(Br)COC. The van der Waals surface area contributed by atoms with E-state index >= 15 is 0 Å². The second-order valence-corrected chi connectivity index (χ2v) is 6.38. The van der Waals surface area contributed by atoms with E-state index in [1.54, 1.807) is 7.11 Å². The molecule has 7 heteroatoms. The lowest BCUT2D eigenvalue weighted by atomic mass is 10.3. The van der Waals surface area contributed by atoms with Gasteiger partial charge in [0, 0.05) is 31.6 Å². The highest BCUT2D eigenvalue weighted by Gasteiger charge is 2.17. The van der Waals surface area contributed by atoms with Gasteiger partial charge < -0.3 is 4.74 Å². The van der Waals surface area contributed by atoms with Crippen LogP contribution in [0.3, 0.4) is 0 Å². The van der Waals surface area contributed by atoms with E-state index in [4.69, 9.17) is 4.74 Å². The average Bonchev–Trinajstić information content (AvgIpc) is 2.19. The van der Waals surface area contributed by atoms with Crippen molar-refractivity contribution in [3.05, 3.63) is 0 Å². The second kappa shape index (κ2) is 8.41. The van der Waals surface area contributed by atoms with Crippen LogP contribution in [0.4, 0.5) is 0 Å². The topological polar surface area (TPSA) is 58.6 Å². The summed E-state index contributed by atoms with van der Waals surface area (Å²) in [6.07, 6.45) is 0.703. The molecule has 1 atom stereocenters. The quantitative estimate of drug-likeness (QED) is 0.645. The van der Waals surface area contributed by atoms with Gasteiger partial charge in [0.2, 0.25) is 0 Å². The predicted molar refractivity (Wildman–Crippen MR) is 69.1 cm³/mol. The molecule has 1 N–H and O–H groups in total. The van der Waals surface area contributed by atoms with Crippen molar-refractivity contribution >= 4 is 26.1 Å². The van der Waals surface area contributed by atoms with E-state index in [-0.39, 0.29) is 4.83 Å². The van der Waals surface area contributed by atoms with Gasteiger partial charge in [-0.2, -0.15) is 12.7 Å². The third kappa shape index (κ3) is 6.15. The summed E-state index contributed by atoms with van der Waals surface area (Å²) < 4.78 is 32.3. The summed E-state index contributed by atoms with van der Waals surface area (Å²) in [5.41, 5.74) is 0. The van der Waals surface area contributed by atoms with Crippen LogP contribution in [0, 0.1) is 0 Å². The second-order valence-electron chi connectivity index (χ2n) is 3.32. The van der Waals surface area contributed by atoms with E-state index in [9.17, 15) is 8.42 Å². The average molecular weight is 317 g/mol. The first-order chi connectivity index (χ1) is 7.47. The van der Waals surface area contributed by atoms with E-state index < -0.39 is 10.2 Å². The molecule has 0 radical (unpaired) electrons. The molecule has 0 amide bonds. The Morgan fingerprint density at radius 1 is 1.38 bits per heavy atom. The normalized spacial score (nSPS) is 14.3. The molecule has 0 aromatic carbocycles. The smallest absolute Gasteiger partial charge is 0.279 e. The number of alkyl halides is 1. The summed E-state index contributed by atoms with van der Waals surface area (Å²) in [6.45, 7) is 5.61. The molecule has 16 heavy (non-hydrogen) atoms. The van der Waals surface area contributed by atoms with Crippen LogP contribution in [0.25, 0.3) is 0 Å². The fraction of sp³-hybridized carbons (Fsp3) is 1.00. The van der Waals surface area contributed by atoms with Gasteiger partial charge in [-0.3, -0.25) is 0 Å². The summed E-state index contributed by atoms with van der Waals surface area (Å²) in [4.78, 5) is 0.178. The molecular formula is C9H21BrN2O3S. The van der Waals surface area contributed by atoms with Crippen molar-refractivity contribution in [3.63, 3.8) is 0 Å². The molecular weight excluding hydrogens is 296 g/mol. The third-order valence-electron chi connectivity index (χ3n) is 2.13. The molecule has 0 aromatic heterocycles. The van der Waals surface area contributed by atoms with Gasteiger partial charge in [-0.1, -0.05) is 29.8 Å². The number of rotatable bonds is 9. The van der Waals surface area contributed by atoms with Crippen LogP contribution in [0.15, 0.2) is 0 Å². The standard InChI is InChI=1S/C9H21BrN2O3S/c1-4-12(5-2)16(13,14)11-7-6-9(10)8-15-3/h9,11H,4-8H2,1-3H3. The van der Waals surface area contributed by atoms with E-state index in [1.165, 1.54) is 4.31 Å². The van der Waals surface area contributed by atoms with Gasteiger partial charge in [0.25, 0.3) is 10.2 Å². The molecule has 0 spiro atoms. The Balaban J connectivity index is 4.00. The van der Waals surface area contributed by atoms with Crippen molar-refractivity contribution in [3.8, 4) is 0 Å². The Morgan fingerprint density at radius 3 is 2.38 bits per heavy atom. The molecule has 98 valence electrons. The molecule has 0 aromatic rings. The molecule has 0 bridgehead atoms. The van der Waals surface area contributed by atoms with Gasteiger partial charge in [-0.25, -0.2) is 4.72 Å². The van der Waals surface area contributed by atoms with E-state index in [0.29, 0.717) is 32.7 Å². The summed E-state index contributed by atoms with van der Waals surface area (Å²) in [6, 6.07) is 0. The van der Waals surface area contributed by atoms with Crippen LogP contribution in [0.1, 0.15) is 20.3 Å². The Morgan fingerprint density at radius 2 is 1.94 bits per heavy atom. The maximum absolute atomic E-state index is 11.7. The van der Waals surface area contributed by atoms with Gasteiger partial charge in [0.15, 0.2) is 0 Å². The van der Waals surface area contributed by atoms with E-state index in [2.05, 4.69) is 20.7 Å². The lowest BCUT2D eigenvalue weighted by Gasteiger charge is -2.19. The molecule has 0 heterocycles. The zero-order valence-electron chi connectivity index (χ0n) is 10.1. The summed E-state index contributed by atoms with van der Waals surface area (Å²) >= 11 is 3.40. The zero-order valence-corrected chi connectivity index (χ0v) is 12.5. The van der Waals surface area contributed by atoms with E-state index in [0.717, 1.165) is 0 Å². The lowest BCUT2D eigenvalue weighted by Crippen LogP contribution is -2.41. The Kier molecular flexibility index (Phi) is 8.57.